The molecule has 0 fully saturated rings. The topological polar surface area (TPSA) is 74.8 Å². The van der Waals surface area contributed by atoms with Crippen molar-refractivity contribution in [1.82, 2.24) is 16.0 Å². The fraction of sp³-hybridized carbons (Fsp3) is 0.391. The molecule has 164 valence electrons. The van der Waals surface area contributed by atoms with Crippen LogP contribution in [0.5, 0.6) is 5.75 Å². The normalized spacial score (nSPS) is 10.7. The van der Waals surface area contributed by atoms with Crippen LogP contribution in [0.3, 0.4) is 0 Å². The number of carbonyl (C=O) groups excluding carboxylic acids is 1. The smallest absolute Gasteiger partial charge is 0.251 e. The number of hydrogen-bond acceptors (Lipinski definition) is 3. The summed E-state index contributed by atoms with van der Waals surface area (Å²) in [7, 11) is 1.74. The van der Waals surface area contributed by atoms with Crippen LogP contribution in [0, 0.1) is 6.92 Å². The number of halogens is 1. The quantitative estimate of drug-likeness (QED) is 0.263. The fourth-order valence-corrected chi connectivity index (χ4v) is 2.85. The summed E-state index contributed by atoms with van der Waals surface area (Å²) in [4.78, 5) is 16.4. The fourth-order valence-electron chi connectivity index (χ4n) is 2.85. The molecule has 7 heteroatoms. The lowest BCUT2D eigenvalue weighted by Gasteiger charge is -2.15. The number of guanidine groups is 1. The van der Waals surface area contributed by atoms with Crippen LogP contribution < -0.4 is 20.7 Å². The molecular weight excluding hydrogens is 491 g/mol. The van der Waals surface area contributed by atoms with Crippen molar-refractivity contribution in [2.75, 3.05) is 20.2 Å². The number of amides is 1. The van der Waals surface area contributed by atoms with E-state index in [1.165, 1.54) is 5.56 Å². The van der Waals surface area contributed by atoms with Crippen LogP contribution in [0.25, 0.3) is 0 Å². The van der Waals surface area contributed by atoms with Crippen molar-refractivity contribution in [3.63, 3.8) is 0 Å². The molecule has 0 aliphatic heterocycles. The van der Waals surface area contributed by atoms with Crippen molar-refractivity contribution >= 4 is 35.8 Å². The third-order valence-corrected chi connectivity index (χ3v) is 4.38. The molecule has 2 aromatic rings. The minimum atomic E-state index is -0.0426. The van der Waals surface area contributed by atoms with Crippen LogP contribution in [0.2, 0.25) is 0 Å². The molecule has 0 spiro atoms. The molecule has 2 aromatic carbocycles. The van der Waals surface area contributed by atoms with E-state index in [-0.39, 0.29) is 29.9 Å². The van der Waals surface area contributed by atoms with Crippen LogP contribution in [0.4, 0.5) is 0 Å². The second-order valence-electron chi connectivity index (χ2n) is 6.78. The van der Waals surface area contributed by atoms with E-state index in [1.54, 1.807) is 7.05 Å². The van der Waals surface area contributed by atoms with Gasteiger partial charge in [0.25, 0.3) is 5.91 Å². The Morgan fingerprint density at radius 2 is 1.80 bits per heavy atom. The number of ether oxygens (including phenoxy) is 1. The number of nitrogens with zero attached hydrogens (tertiary/aromatic N) is 1. The van der Waals surface area contributed by atoms with Gasteiger partial charge in [-0.25, -0.2) is 0 Å². The van der Waals surface area contributed by atoms with Crippen molar-refractivity contribution < 1.29 is 9.53 Å². The van der Waals surface area contributed by atoms with Gasteiger partial charge in [-0.3, -0.25) is 9.79 Å². The molecule has 0 aliphatic rings. The van der Waals surface area contributed by atoms with E-state index < -0.39 is 0 Å². The molecule has 0 heterocycles. The van der Waals surface area contributed by atoms with Gasteiger partial charge in [0.1, 0.15) is 5.75 Å². The lowest BCUT2D eigenvalue weighted by atomic mass is 10.1. The predicted octanol–water partition coefficient (Wildman–Crippen LogP) is 4.02. The van der Waals surface area contributed by atoms with E-state index in [0.29, 0.717) is 37.8 Å². The Hall–Kier alpha value is -2.29. The van der Waals surface area contributed by atoms with Crippen molar-refractivity contribution in [1.29, 1.82) is 0 Å². The summed E-state index contributed by atoms with van der Waals surface area (Å²) in [6, 6.07) is 13.8. The van der Waals surface area contributed by atoms with Crippen LogP contribution in [-0.4, -0.2) is 32.1 Å². The molecule has 3 N–H and O–H groups in total. The molecule has 1 amide bonds. The monoisotopic (exact) mass is 524 g/mol. The van der Waals surface area contributed by atoms with Crippen molar-refractivity contribution in [3.8, 4) is 5.75 Å². The van der Waals surface area contributed by atoms with Crippen LogP contribution in [0.15, 0.2) is 47.5 Å². The second-order valence-corrected chi connectivity index (χ2v) is 6.78. The van der Waals surface area contributed by atoms with E-state index in [9.17, 15) is 4.79 Å². The van der Waals surface area contributed by atoms with Gasteiger partial charge in [0.2, 0.25) is 0 Å². The number of hydrogen-bond donors (Lipinski definition) is 3. The molecule has 0 saturated carbocycles. The third-order valence-electron chi connectivity index (χ3n) is 4.38. The van der Waals surface area contributed by atoms with Gasteiger partial charge in [-0.15, -0.1) is 24.0 Å². The summed E-state index contributed by atoms with van der Waals surface area (Å²) in [6.45, 7) is 8.56. The maximum atomic E-state index is 12.1. The molecule has 0 aromatic heterocycles. The molecule has 30 heavy (non-hydrogen) atoms. The minimum absolute atomic E-state index is 0. The first-order valence-electron chi connectivity index (χ1n) is 10.1. The van der Waals surface area contributed by atoms with Gasteiger partial charge in [0.15, 0.2) is 5.96 Å². The maximum Gasteiger partial charge on any atom is 0.251 e. The molecule has 2 rings (SSSR count). The Balaban J connectivity index is 0.00000450. The van der Waals surface area contributed by atoms with Gasteiger partial charge >= 0.3 is 0 Å². The lowest BCUT2D eigenvalue weighted by molar-refractivity contribution is 0.0953. The Morgan fingerprint density at radius 1 is 1.03 bits per heavy atom. The number of benzene rings is 2. The van der Waals surface area contributed by atoms with Crippen LogP contribution >= 0.6 is 24.0 Å². The Bertz CT molecular complexity index is 840. The Kier molecular flexibility index (Phi) is 11.9. The Labute approximate surface area is 196 Å². The van der Waals surface area contributed by atoms with E-state index >= 15 is 0 Å². The zero-order valence-corrected chi connectivity index (χ0v) is 20.6. The van der Waals surface area contributed by atoms with Crippen molar-refractivity contribution in [3.05, 3.63) is 64.7 Å². The van der Waals surface area contributed by atoms with Gasteiger partial charge in [-0.1, -0.05) is 31.2 Å². The molecule has 0 unspecified atom stereocenters. The summed E-state index contributed by atoms with van der Waals surface area (Å²) in [6.07, 6.45) is 0.918. The van der Waals surface area contributed by atoms with Gasteiger partial charge < -0.3 is 20.7 Å². The molecule has 6 nitrogen and oxygen atoms in total. The number of aliphatic imine (C=N–C) groups is 1. The average Bonchev–Trinajstić information content (AvgIpc) is 2.73. The number of rotatable bonds is 9. The third kappa shape index (κ3) is 8.22. The highest BCUT2D eigenvalue weighted by molar-refractivity contribution is 14.0. The summed E-state index contributed by atoms with van der Waals surface area (Å²) in [5.41, 5.74) is 3.93. The molecule has 0 atom stereocenters. The van der Waals surface area contributed by atoms with Crippen LogP contribution in [-0.2, 0) is 13.1 Å². The van der Waals surface area contributed by atoms with E-state index in [4.69, 9.17) is 4.74 Å². The molecule has 0 aliphatic carbocycles. The molecule has 0 radical (unpaired) electrons. The highest BCUT2D eigenvalue weighted by Gasteiger charge is 2.07. The standard InChI is InChI=1S/C23H32N4O2.HI/c1-5-12-25-22(28)19-9-7-8-18(14-19)15-26-23(24-4)27-16-20-11-10-17(3)13-21(20)29-6-2;/h7-11,13-14H,5-6,12,15-16H2,1-4H3,(H,25,28)(H2,24,26,27);1H. The maximum absolute atomic E-state index is 12.1. The highest BCUT2D eigenvalue weighted by Crippen LogP contribution is 2.20. The van der Waals surface area contributed by atoms with Gasteiger partial charge in [-0.2, -0.15) is 0 Å². The lowest BCUT2D eigenvalue weighted by Crippen LogP contribution is -2.36. The first kappa shape index (κ1) is 25.7. The average molecular weight is 524 g/mol. The van der Waals surface area contributed by atoms with E-state index in [0.717, 1.165) is 23.3 Å². The molecular formula is C23H33IN4O2. The minimum Gasteiger partial charge on any atom is -0.494 e. The summed E-state index contributed by atoms with van der Waals surface area (Å²) < 4.78 is 5.74. The number of carbonyl (C=O) groups is 1. The summed E-state index contributed by atoms with van der Waals surface area (Å²) >= 11 is 0. The van der Waals surface area contributed by atoms with Gasteiger partial charge in [-0.05, 0) is 49.6 Å². The number of nitrogens with one attached hydrogen (secondary N) is 3. The predicted molar refractivity (Wildman–Crippen MR) is 134 cm³/mol. The zero-order valence-electron chi connectivity index (χ0n) is 18.2. The second kappa shape index (κ2) is 13.8. The van der Waals surface area contributed by atoms with Crippen molar-refractivity contribution in [2.24, 2.45) is 4.99 Å². The van der Waals surface area contributed by atoms with Gasteiger partial charge in [0.05, 0.1) is 6.61 Å². The van der Waals surface area contributed by atoms with Crippen LogP contribution in [0.1, 0.15) is 47.3 Å². The summed E-state index contributed by atoms with van der Waals surface area (Å²) in [5, 5.41) is 9.52. The first-order chi connectivity index (χ1) is 14.1. The largest absolute Gasteiger partial charge is 0.494 e. The number of aryl methyl sites for hydroxylation is 1. The van der Waals surface area contributed by atoms with E-state index in [2.05, 4.69) is 40.0 Å². The zero-order chi connectivity index (χ0) is 21.1. The Morgan fingerprint density at radius 3 is 2.50 bits per heavy atom. The SMILES string of the molecule is CCCNC(=O)c1cccc(CNC(=NC)NCc2ccc(C)cc2OCC)c1.I. The first-order valence-corrected chi connectivity index (χ1v) is 10.1. The van der Waals surface area contributed by atoms with Crippen molar-refractivity contribution in [2.45, 2.75) is 40.3 Å². The summed E-state index contributed by atoms with van der Waals surface area (Å²) in [5.74, 6) is 1.54. The highest BCUT2D eigenvalue weighted by atomic mass is 127. The molecule has 0 bridgehead atoms. The van der Waals surface area contributed by atoms with E-state index in [1.807, 2.05) is 44.2 Å². The molecule has 0 saturated heterocycles. The van der Waals surface area contributed by atoms with Gasteiger partial charge in [0, 0.05) is 37.8 Å².